The third-order valence-electron chi connectivity index (χ3n) is 5.34. The predicted molar refractivity (Wildman–Crippen MR) is 109 cm³/mol. The van der Waals surface area contributed by atoms with Crippen LogP contribution in [0, 0.1) is 5.92 Å². The van der Waals surface area contributed by atoms with Crippen LogP contribution in [0.15, 0.2) is 30.5 Å². The van der Waals surface area contributed by atoms with Crippen molar-refractivity contribution in [3.8, 4) is 5.75 Å². The molecule has 6 nitrogen and oxygen atoms in total. The van der Waals surface area contributed by atoms with Crippen molar-refractivity contribution in [1.82, 2.24) is 18.9 Å². The summed E-state index contributed by atoms with van der Waals surface area (Å²) in [5, 5.41) is 0.821. The highest BCUT2D eigenvalue weighted by Gasteiger charge is 2.30. The lowest BCUT2D eigenvalue weighted by atomic mass is 10.2. The van der Waals surface area contributed by atoms with E-state index in [2.05, 4.69) is 28.9 Å². The highest BCUT2D eigenvalue weighted by molar-refractivity contribution is 6.01. The van der Waals surface area contributed by atoms with Crippen LogP contribution in [-0.4, -0.2) is 24.9 Å². The van der Waals surface area contributed by atoms with Gasteiger partial charge in [-0.3, -0.25) is 9.20 Å². The van der Waals surface area contributed by atoms with E-state index < -0.39 is 0 Å². The van der Waals surface area contributed by atoms with Crippen LogP contribution in [0.4, 0.5) is 0 Å². The number of imidazole rings is 1. The maximum Gasteiger partial charge on any atom is 0.313 e. The second-order valence-corrected chi connectivity index (χ2v) is 8.29. The van der Waals surface area contributed by atoms with Crippen molar-refractivity contribution in [2.45, 2.75) is 52.5 Å². The Balaban J connectivity index is 1.90. The van der Waals surface area contributed by atoms with Crippen LogP contribution in [0.1, 0.15) is 58.3 Å². The number of nitrogens with zero attached hydrogens (tertiary/aromatic N) is 4. The van der Waals surface area contributed by atoms with Gasteiger partial charge >= 0.3 is 5.97 Å². The number of ether oxygens (including phenoxy) is 1. The van der Waals surface area contributed by atoms with Crippen molar-refractivity contribution in [2.75, 3.05) is 0 Å². The smallest absolute Gasteiger partial charge is 0.313 e. The first-order valence-electron chi connectivity index (χ1n) is 9.99. The van der Waals surface area contributed by atoms with Crippen molar-refractivity contribution in [3.05, 3.63) is 36.3 Å². The number of rotatable bonds is 4. The SMILES string of the molecule is CC(C)C(=O)Oc1cn(C2CC2)c2nc(C(C)C)n3c4ccccc4nc3c12. The van der Waals surface area contributed by atoms with Gasteiger partial charge in [0.15, 0.2) is 11.4 Å². The molecule has 0 bridgehead atoms. The Kier molecular flexibility index (Phi) is 3.73. The van der Waals surface area contributed by atoms with E-state index in [1.54, 1.807) is 0 Å². The minimum atomic E-state index is -0.239. The monoisotopic (exact) mass is 376 g/mol. The molecule has 0 radical (unpaired) electrons. The molecule has 3 heterocycles. The van der Waals surface area contributed by atoms with Gasteiger partial charge in [0.25, 0.3) is 0 Å². The van der Waals surface area contributed by atoms with Gasteiger partial charge in [-0.05, 0) is 25.0 Å². The van der Waals surface area contributed by atoms with Crippen LogP contribution < -0.4 is 4.74 Å². The molecule has 1 aliphatic rings. The van der Waals surface area contributed by atoms with Gasteiger partial charge in [-0.2, -0.15) is 0 Å². The molecular formula is C22H24N4O2. The van der Waals surface area contributed by atoms with Gasteiger partial charge in [0.2, 0.25) is 0 Å². The zero-order chi connectivity index (χ0) is 19.6. The molecule has 28 heavy (non-hydrogen) atoms. The molecule has 5 rings (SSSR count). The molecule has 1 saturated carbocycles. The van der Waals surface area contributed by atoms with Crippen molar-refractivity contribution in [3.63, 3.8) is 0 Å². The molecular weight excluding hydrogens is 352 g/mol. The van der Waals surface area contributed by atoms with E-state index in [4.69, 9.17) is 14.7 Å². The molecule has 6 heteroatoms. The molecule has 0 amide bonds. The summed E-state index contributed by atoms with van der Waals surface area (Å²) in [7, 11) is 0. The van der Waals surface area contributed by atoms with E-state index in [0.717, 1.165) is 46.4 Å². The van der Waals surface area contributed by atoms with Gasteiger partial charge < -0.3 is 9.30 Å². The van der Waals surface area contributed by atoms with Gasteiger partial charge in [0.1, 0.15) is 16.9 Å². The molecule has 0 atom stereocenters. The Hall–Kier alpha value is -2.89. The summed E-state index contributed by atoms with van der Waals surface area (Å²) >= 11 is 0. The third-order valence-corrected chi connectivity index (χ3v) is 5.34. The quantitative estimate of drug-likeness (QED) is 0.477. The Morgan fingerprint density at radius 3 is 2.54 bits per heavy atom. The summed E-state index contributed by atoms with van der Waals surface area (Å²) < 4.78 is 10.1. The Bertz CT molecular complexity index is 1230. The average Bonchev–Trinajstić information content (AvgIpc) is 3.34. The highest BCUT2D eigenvalue weighted by atomic mass is 16.5. The molecule has 4 aromatic rings. The van der Waals surface area contributed by atoms with Gasteiger partial charge in [0, 0.05) is 18.2 Å². The summed E-state index contributed by atoms with van der Waals surface area (Å²) in [5.41, 5.74) is 3.61. The molecule has 0 unspecified atom stereocenters. The predicted octanol–water partition coefficient (Wildman–Crippen LogP) is 4.86. The van der Waals surface area contributed by atoms with E-state index in [0.29, 0.717) is 11.8 Å². The summed E-state index contributed by atoms with van der Waals surface area (Å²) in [5.74, 6) is 1.32. The van der Waals surface area contributed by atoms with Crippen molar-refractivity contribution in [2.24, 2.45) is 5.92 Å². The molecule has 144 valence electrons. The zero-order valence-electron chi connectivity index (χ0n) is 16.6. The van der Waals surface area contributed by atoms with E-state index in [1.807, 2.05) is 38.2 Å². The van der Waals surface area contributed by atoms with Gasteiger partial charge in [0.05, 0.1) is 17.0 Å². The molecule has 0 spiro atoms. The first kappa shape index (κ1) is 17.2. The lowest BCUT2D eigenvalue weighted by Crippen LogP contribution is -2.14. The summed E-state index contributed by atoms with van der Waals surface area (Å²) in [6, 6.07) is 8.50. The lowest BCUT2D eigenvalue weighted by molar-refractivity contribution is -0.137. The van der Waals surface area contributed by atoms with Crippen LogP contribution in [0.25, 0.3) is 27.7 Å². The number of hydrogen-bond donors (Lipinski definition) is 0. The first-order chi connectivity index (χ1) is 13.5. The van der Waals surface area contributed by atoms with E-state index in [1.165, 1.54) is 0 Å². The largest absolute Gasteiger partial charge is 0.424 e. The molecule has 0 saturated heterocycles. The number of fused-ring (bicyclic) bond motifs is 5. The molecule has 0 aliphatic heterocycles. The summed E-state index contributed by atoms with van der Waals surface area (Å²) in [6.07, 6.45) is 4.20. The molecule has 0 N–H and O–H groups in total. The fourth-order valence-electron chi connectivity index (χ4n) is 3.72. The van der Waals surface area contributed by atoms with Gasteiger partial charge in [-0.15, -0.1) is 0 Å². The normalized spacial score (nSPS) is 14.8. The highest BCUT2D eigenvalue weighted by Crippen LogP contribution is 2.42. The maximum absolute atomic E-state index is 12.4. The molecule has 1 aromatic carbocycles. The van der Waals surface area contributed by atoms with Crippen LogP contribution in [-0.2, 0) is 4.79 Å². The van der Waals surface area contributed by atoms with Crippen molar-refractivity contribution in [1.29, 1.82) is 0 Å². The molecule has 1 aliphatic carbocycles. The number of carbonyl (C=O) groups excluding carboxylic acids is 1. The zero-order valence-corrected chi connectivity index (χ0v) is 16.6. The topological polar surface area (TPSA) is 61.4 Å². The fourth-order valence-corrected chi connectivity index (χ4v) is 3.72. The summed E-state index contributed by atoms with van der Waals surface area (Å²) in [4.78, 5) is 22.3. The van der Waals surface area contributed by atoms with E-state index in [9.17, 15) is 4.79 Å². The minimum absolute atomic E-state index is 0.197. The lowest BCUT2D eigenvalue weighted by Gasteiger charge is -2.11. The molecule has 3 aromatic heterocycles. The van der Waals surface area contributed by atoms with Crippen LogP contribution in [0.3, 0.4) is 0 Å². The number of aromatic nitrogens is 4. The van der Waals surface area contributed by atoms with E-state index in [-0.39, 0.29) is 17.8 Å². The van der Waals surface area contributed by atoms with Crippen LogP contribution >= 0.6 is 0 Å². The number of para-hydroxylation sites is 2. The van der Waals surface area contributed by atoms with Gasteiger partial charge in [-0.25, -0.2) is 9.97 Å². The summed E-state index contributed by atoms with van der Waals surface area (Å²) in [6.45, 7) is 7.98. The average molecular weight is 376 g/mol. The second kappa shape index (κ2) is 6.06. The Labute approximate surface area is 163 Å². The molecule has 1 fully saturated rings. The fraction of sp³-hybridized carbons (Fsp3) is 0.409. The van der Waals surface area contributed by atoms with Crippen molar-refractivity contribution < 1.29 is 9.53 Å². The second-order valence-electron chi connectivity index (χ2n) is 8.29. The number of esters is 1. The van der Waals surface area contributed by atoms with Gasteiger partial charge in [-0.1, -0.05) is 39.8 Å². The standard InChI is InChI=1S/C22H24N4O2/c1-12(2)19-24-20-18(21-23-15-7-5-6-8-16(15)26(19)21)17(28-22(27)13(3)4)11-25(20)14-9-10-14/h5-8,11-14H,9-10H2,1-4H3. The van der Waals surface area contributed by atoms with Crippen LogP contribution in [0.2, 0.25) is 0 Å². The third kappa shape index (κ3) is 2.51. The number of hydrogen-bond acceptors (Lipinski definition) is 4. The number of benzene rings is 1. The number of carbonyl (C=O) groups is 1. The van der Waals surface area contributed by atoms with E-state index >= 15 is 0 Å². The minimum Gasteiger partial charge on any atom is -0.424 e. The van der Waals surface area contributed by atoms with Crippen molar-refractivity contribution >= 4 is 33.7 Å². The first-order valence-corrected chi connectivity index (χ1v) is 9.99. The van der Waals surface area contributed by atoms with Crippen LogP contribution in [0.5, 0.6) is 5.75 Å². The Morgan fingerprint density at radius 2 is 1.86 bits per heavy atom. The Morgan fingerprint density at radius 1 is 1.11 bits per heavy atom. The maximum atomic E-state index is 12.4.